The molecule has 3 nitrogen and oxygen atoms in total. The van der Waals surface area contributed by atoms with Crippen LogP contribution in [-0.4, -0.2) is 23.6 Å². The van der Waals surface area contributed by atoms with Crippen molar-refractivity contribution in [3.63, 3.8) is 0 Å². The van der Waals surface area contributed by atoms with Gasteiger partial charge in [0.1, 0.15) is 0 Å². The lowest BCUT2D eigenvalue weighted by Crippen LogP contribution is -2.42. The Balaban J connectivity index is 1.93. The van der Waals surface area contributed by atoms with Crippen LogP contribution in [0, 0.1) is 0 Å². The summed E-state index contributed by atoms with van der Waals surface area (Å²) in [4.78, 5) is 11.9. The maximum absolute atomic E-state index is 11.9. The number of nitrogens with one attached hydrogen (secondary N) is 2. The van der Waals surface area contributed by atoms with Crippen LogP contribution in [0.15, 0.2) is 24.3 Å². The Hall–Kier alpha value is -0.710. The van der Waals surface area contributed by atoms with E-state index in [-0.39, 0.29) is 18.0 Å². The predicted octanol–water partition coefficient (Wildman–Crippen LogP) is 2.18. The highest BCUT2D eigenvalue weighted by molar-refractivity contribution is 7.99. The molecular weight excluding hydrogens is 256 g/mol. The second kappa shape index (κ2) is 5.76. The summed E-state index contributed by atoms with van der Waals surface area (Å²) >= 11 is 7.57. The summed E-state index contributed by atoms with van der Waals surface area (Å²) in [6.07, 6.45) is 0. The van der Waals surface area contributed by atoms with E-state index >= 15 is 0 Å². The van der Waals surface area contributed by atoms with E-state index in [1.165, 1.54) is 0 Å². The summed E-state index contributed by atoms with van der Waals surface area (Å²) in [5.41, 5.74) is 1.06. The minimum Gasteiger partial charge on any atom is -0.348 e. The Bertz CT molecular complexity index is 390. The van der Waals surface area contributed by atoms with Gasteiger partial charge in [0.2, 0.25) is 5.91 Å². The highest BCUT2D eigenvalue weighted by Gasteiger charge is 2.23. The van der Waals surface area contributed by atoms with Gasteiger partial charge >= 0.3 is 0 Å². The van der Waals surface area contributed by atoms with Gasteiger partial charge in [0.05, 0.1) is 12.1 Å². The highest BCUT2D eigenvalue weighted by atomic mass is 35.5. The quantitative estimate of drug-likeness (QED) is 0.885. The van der Waals surface area contributed by atoms with Crippen LogP contribution in [0.4, 0.5) is 0 Å². The summed E-state index contributed by atoms with van der Waals surface area (Å²) in [5, 5.41) is 6.86. The summed E-state index contributed by atoms with van der Waals surface area (Å²) in [6, 6.07) is 7.49. The Kier molecular flexibility index (Phi) is 4.31. The maximum atomic E-state index is 11.9. The molecule has 0 aromatic heterocycles. The lowest BCUT2D eigenvalue weighted by Gasteiger charge is -2.17. The van der Waals surface area contributed by atoms with Crippen LogP contribution < -0.4 is 10.6 Å². The largest absolute Gasteiger partial charge is 0.348 e. The minimum atomic E-state index is -0.0604. The molecule has 1 aliphatic heterocycles. The van der Waals surface area contributed by atoms with Crippen molar-refractivity contribution in [3.8, 4) is 0 Å². The molecule has 0 bridgehead atoms. The van der Waals surface area contributed by atoms with Crippen molar-refractivity contribution in [1.29, 1.82) is 0 Å². The number of thioether (sulfide) groups is 1. The van der Waals surface area contributed by atoms with Crippen LogP contribution in [0.25, 0.3) is 0 Å². The van der Waals surface area contributed by atoms with Gasteiger partial charge < -0.3 is 5.32 Å². The van der Waals surface area contributed by atoms with Crippen molar-refractivity contribution in [2.45, 2.75) is 19.0 Å². The topological polar surface area (TPSA) is 41.1 Å². The van der Waals surface area contributed by atoms with Crippen molar-refractivity contribution < 1.29 is 4.79 Å². The molecule has 1 amide bonds. The monoisotopic (exact) mass is 270 g/mol. The fourth-order valence-electron chi connectivity index (χ4n) is 1.71. The van der Waals surface area contributed by atoms with Crippen LogP contribution >= 0.6 is 23.4 Å². The molecule has 0 radical (unpaired) electrons. The first-order valence-electron chi connectivity index (χ1n) is 5.54. The fraction of sp³-hybridized carbons (Fsp3) is 0.417. The zero-order valence-corrected chi connectivity index (χ0v) is 11.1. The molecule has 1 unspecified atom stereocenters. The normalized spacial score (nSPS) is 21.2. The molecule has 17 heavy (non-hydrogen) atoms. The Morgan fingerprint density at radius 3 is 2.82 bits per heavy atom. The summed E-state index contributed by atoms with van der Waals surface area (Å²) in [5.74, 6) is 1.77. The van der Waals surface area contributed by atoms with E-state index in [4.69, 9.17) is 11.6 Å². The third-order valence-electron chi connectivity index (χ3n) is 2.76. The zero-order chi connectivity index (χ0) is 12.3. The molecule has 92 valence electrons. The Morgan fingerprint density at radius 1 is 1.53 bits per heavy atom. The number of rotatable bonds is 3. The van der Waals surface area contributed by atoms with Crippen LogP contribution in [-0.2, 0) is 4.79 Å². The van der Waals surface area contributed by atoms with Gasteiger partial charge in [0.25, 0.3) is 0 Å². The summed E-state index contributed by atoms with van der Waals surface area (Å²) in [7, 11) is 0. The van der Waals surface area contributed by atoms with Crippen molar-refractivity contribution in [2.75, 3.05) is 11.6 Å². The standard InChI is InChI=1S/C12H15ClN2OS/c1-8(9-2-4-10(13)5-3-9)15-12(16)11-6-17-7-14-11/h2-5,8,11,14H,6-7H2,1H3,(H,15,16)/t8-,11?/m1/s1. The first-order valence-corrected chi connectivity index (χ1v) is 7.07. The Morgan fingerprint density at radius 2 is 2.24 bits per heavy atom. The number of carbonyl (C=O) groups excluding carboxylic acids is 1. The molecule has 1 saturated heterocycles. The maximum Gasteiger partial charge on any atom is 0.238 e. The lowest BCUT2D eigenvalue weighted by molar-refractivity contribution is -0.123. The highest BCUT2D eigenvalue weighted by Crippen LogP contribution is 2.17. The van der Waals surface area contributed by atoms with E-state index in [0.29, 0.717) is 5.02 Å². The molecule has 0 aliphatic carbocycles. The van der Waals surface area contributed by atoms with Gasteiger partial charge in [-0.3, -0.25) is 10.1 Å². The van der Waals surface area contributed by atoms with E-state index in [9.17, 15) is 4.79 Å². The SMILES string of the molecule is C[C@@H](NC(=O)C1CSCN1)c1ccc(Cl)cc1. The zero-order valence-electron chi connectivity index (χ0n) is 9.57. The molecule has 2 rings (SSSR count). The molecule has 1 aromatic rings. The van der Waals surface area contributed by atoms with E-state index in [0.717, 1.165) is 17.2 Å². The van der Waals surface area contributed by atoms with Crippen LogP contribution in [0.3, 0.4) is 0 Å². The van der Waals surface area contributed by atoms with Gasteiger partial charge in [-0.25, -0.2) is 0 Å². The smallest absolute Gasteiger partial charge is 0.238 e. The van der Waals surface area contributed by atoms with E-state index in [1.807, 2.05) is 31.2 Å². The number of carbonyl (C=O) groups is 1. The molecule has 5 heteroatoms. The number of hydrogen-bond acceptors (Lipinski definition) is 3. The van der Waals surface area contributed by atoms with Gasteiger partial charge in [-0.1, -0.05) is 23.7 Å². The van der Waals surface area contributed by atoms with Gasteiger partial charge in [-0.05, 0) is 24.6 Å². The average molecular weight is 271 g/mol. The summed E-state index contributed by atoms with van der Waals surface area (Å²) in [6.45, 7) is 1.98. The van der Waals surface area contributed by atoms with Crippen molar-refractivity contribution >= 4 is 29.3 Å². The van der Waals surface area contributed by atoms with Gasteiger partial charge in [-0.2, -0.15) is 0 Å². The first kappa shape index (κ1) is 12.7. The fourth-order valence-corrected chi connectivity index (χ4v) is 2.78. The molecule has 0 saturated carbocycles. The third kappa shape index (κ3) is 3.37. The molecular formula is C12H15ClN2OS. The molecule has 1 aromatic carbocycles. The Labute approximate surface area is 110 Å². The van der Waals surface area contributed by atoms with Crippen LogP contribution in [0.1, 0.15) is 18.5 Å². The number of benzene rings is 1. The van der Waals surface area contributed by atoms with Gasteiger partial charge in [-0.15, -0.1) is 11.8 Å². The molecule has 2 atom stereocenters. The van der Waals surface area contributed by atoms with Gasteiger partial charge in [0, 0.05) is 16.7 Å². The van der Waals surface area contributed by atoms with E-state index < -0.39 is 0 Å². The third-order valence-corrected chi connectivity index (χ3v) is 3.95. The summed E-state index contributed by atoms with van der Waals surface area (Å²) < 4.78 is 0. The van der Waals surface area contributed by atoms with Crippen molar-refractivity contribution in [3.05, 3.63) is 34.9 Å². The average Bonchev–Trinajstić information content (AvgIpc) is 2.83. The predicted molar refractivity (Wildman–Crippen MR) is 72.3 cm³/mol. The van der Waals surface area contributed by atoms with Crippen LogP contribution in [0.2, 0.25) is 5.02 Å². The first-order chi connectivity index (χ1) is 8.16. The molecule has 1 heterocycles. The number of halogens is 1. The molecule has 1 fully saturated rings. The number of hydrogen-bond donors (Lipinski definition) is 2. The molecule has 1 aliphatic rings. The van der Waals surface area contributed by atoms with Gasteiger partial charge in [0.15, 0.2) is 0 Å². The lowest BCUT2D eigenvalue weighted by atomic mass is 10.1. The molecule has 2 N–H and O–H groups in total. The van der Waals surface area contributed by atoms with Crippen LogP contribution in [0.5, 0.6) is 0 Å². The second-order valence-corrected chi connectivity index (χ2v) is 5.52. The van der Waals surface area contributed by atoms with Crippen molar-refractivity contribution in [2.24, 2.45) is 0 Å². The molecule has 0 spiro atoms. The second-order valence-electron chi connectivity index (χ2n) is 4.05. The number of amides is 1. The van der Waals surface area contributed by atoms with Crippen molar-refractivity contribution in [1.82, 2.24) is 10.6 Å². The minimum absolute atomic E-state index is 0.00664. The van der Waals surface area contributed by atoms with E-state index in [1.54, 1.807) is 11.8 Å². The van der Waals surface area contributed by atoms with E-state index in [2.05, 4.69) is 10.6 Å².